The Kier molecular flexibility index (Phi) is 5.58. The summed E-state index contributed by atoms with van der Waals surface area (Å²) in [4.78, 5) is 18.9. The van der Waals surface area contributed by atoms with E-state index in [1.54, 1.807) is 24.1 Å². The normalized spacial score (nSPS) is 16.7. The fourth-order valence-corrected chi connectivity index (χ4v) is 3.48. The minimum absolute atomic E-state index is 0.267. The van der Waals surface area contributed by atoms with Crippen molar-refractivity contribution in [2.75, 3.05) is 20.3 Å². The molecule has 0 bridgehead atoms. The van der Waals surface area contributed by atoms with Gasteiger partial charge in [0.05, 0.1) is 24.8 Å². The van der Waals surface area contributed by atoms with Crippen LogP contribution in [0.15, 0.2) is 64.8 Å². The molecular weight excluding hydrogens is 387 g/mol. The van der Waals surface area contributed by atoms with Gasteiger partial charge in [0.15, 0.2) is 0 Å². The van der Waals surface area contributed by atoms with Crippen molar-refractivity contribution in [1.29, 1.82) is 0 Å². The molecule has 1 aromatic heterocycles. The second kappa shape index (κ2) is 8.46. The van der Waals surface area contributed by atoms with Crippen LogP contribution in [0.5, 0.6) is 0 Å². The topological polar surface area (TPSA) is 80.5 Å². The standard InChI is InChI=1S/C22H21FN4O3/c1-14-18(21-25-20(26-30-21)15-7-4-3-5-8-15)19(16-9-6-10-17(23)13-16)24-22(28)27(14)11-12-29-2/h3-10,13,19H,11-12H2,1-2H3,(H,24,28). The van der Waals surface area contributed by atoms with Gasteiger partial charge in [0, 0.05) is 18.4 Å². The van der Waals surface area contributed by atoms with Crippen molar-refractivity contribution in [2.24, 2.45) is 0 Å². The molecule has 2 heterocycles. The Morgan fingerprint density at radius 2 is 2.00 bits per heavy atom. The number of aromatic nitrogens is 2. The highest BCUT2D eigenvalue weighted by molar-refractivity contribution is 5.86. The van der Waals surface area contributed by atoms with E-state index < -0.39 is 11.9 Å². The lowest BCUT2D eigenvalue weighted by atomic mass is 9.94. The van der Waals surface area contributed by atoms with Crippen molar-refractivity contribution in [3.8, 4) is 11.4 Å². The summed E-state index contributed by atoms with van der Waals surface area (Å²) in [5, 5.41) is 7.02. The lowest BCUT2D eigenvalue weighted by molar-refractivity contribution is 0.158. The van der Waals surface area contributed by atoms with Crippen LogP contribution in [-0.4, -0.2) is 41.3 Å². The number of nitrogens with zero attached hydrogens (tertiary/aromatic N) is 3. The smallest absolute Gasteiger partial charge is 0.322 e. The molecule has 0 fully saturated rings. The van der Waals surface area contributed by atoms with E-state index in [1.165, 1.54) is 12.1 Å². The van der Waals surface area contributed by atoms with E-state index in [0.29, 0.717) is 35.8 Å². The number of carbonyl (C=O) groups excluding carboxylic acids is 1. The molecule has 1 unspecified atom stereocenters. The highest BCUT2D eigenvalue weighted by Crippen LogP contribution is 2.37. The van der Waals surface area contributed by atoms with Gasteiger partial charge in [0.25, 0.3) is 5.89 Å². The maximum atomic E-state index is 13.9. The summed E-state index contributed by atoms with van der Waals surface area (Å²) in [6, 6.07) is 14.6. The zero-order valence-electron chi connectivity index (χ0n) is 16.6. The number of methoxy groups -OCH3 is 1. The summed E-state index contributed by atoms with van der Waals surface area (Å²) in [7, 11) is 1.57. The number of hydrogen-bond donors (Lipinski definition) is 1. The number of halogens is 1. The van der Waals surface area contributed by atoms with Gasteiger partial charge in [-0.05, 0) is 24.6 Å². The Balaban J connectivity index is 1.81. The molecule has 154 valence electrons. The zero-order chi connectivity index (χ0) is 21.1. The van der Waals surface area contributed by atoms with Crippen LogP contribution in [0.2, 0.25) is 0 Å². The minimum atomic E-state index is -0.629. The van der Waals surface area contributed by atoms with Crippen LogP contribution < -0.4 is 5.32 Å². The summed E-state index contributed by atoms with van der Waals surface area (Å²) in [6.45, 7) is 2.53. The van der Waals surface area contributed by atoms with Crippen LogP contribution >= 0.6 is 0 Å². The van der Waals surface area contributed by atoms with Crippen molar-refractivity contribution in [3.05, 3.63) is 77.6 Å². The molecule has 0 radical (unpaired) electrons. The quantitative estimate of drug-likeness (QED) is 0.666. The fraction of sp³-hybridized carbons (Fsp3) is 0.227. The van der Waals surface area contributed by atoms with Crippen molar-refractivity contribution in [3.63, 3.8) is 0 Å². The van der Waals surface area contributed by atoms with E-state index in [0.717, 1.165) is 5.56 Å². The first-order valence-electron chi connectivity index (χ1n) is 9.51. The number of hydrogen-bond acceptors (Lipinski definition) is 5. The lowest BCUT2D eigenvalue weighted by Gasteiger charge is -2.35. The largest absolute Gasteiger partial charge is 0.383 e. The van der Waals surface area contributed by atoms with Gasteiger partial charge in [-0.15, -0.1) is 0 Å². The van der Waals surface area contributed by atoms with E-state index in [1.807, 2.05) is 37.3 Å². The highest BCUT2D eigenvalue weighted by Gasteiger charge is 2.35. The van der Waals surface area contributed by atoms with Crippen molar-refractivity contribution in [2.45, 2.75) is 13.0 Å². The lowest BCUT2D eigenvalue weighted by Crippen LogP contribution is -2.47. The second-order valence-electron chi connectivity index (χ2n) is 6.87. The summed E-state index contributed by atoms with van der Waals surface area (Å²) in [6.07, 6.45) is 0. The molecular formula is C22H21FN4O3. The Bertz CT molecular complexity index is 1080. The van der Waals surface area contributed by atoms with Gasteiger partial charge < -0.3 is 14.6 Å². The van der Waals surface area contributed by atoms with Crippen LogP contribution in [0.4, 0.5) is 9.18 Å². The molecule has 30 heavy (non-hydrogen) atoms. The van der Waals surface area contributed by atoms with Gasteiger partial charge in [-0.1, -0.05) is 47.6 Å². The Labute approximate surface area is 173 Å². The molecule has 2 amide bonds. The number of allylic oxidation sites excluding steroid dienone is 1. The Morgan fingerprint density at radius 1 is 1.20 bits per heavy atom. The predicted octanol–water partition coefficient (Wildman–Crippen LogP) is 4.02. The SMILES string of the molecule is COCCN1C(=O)NC(c2cccc(F)c2)C(c2nc(-c3ccccc3)no2)=C1C. The molecule has 1 aliphatic heterocycles. The number of rotatable bonds is 6. The number of nitrogens with one attached hydrogen (secondary N) is 1. The molecule has 0 saturated heterocycles. The molecule has 8 heteroatoms. The third-order valence-electron chi connectivity index (χ3n) is 4.99. The molecule has 1 atom stereocenters. The second-order valence-corrected chi connectivity index (χ2v) is 6.87. The molecule has 2 aromatic carbocycles. The van der Waals surface area contributed by atoms with Gasteiger partial charge in [-0.3, -0.25) is 4.90 Å². The summed E-state index contributed by atoms with van der Waals surface area (Å²) >= 11 is 0. The predicted molar refractivity (Wildman–Crippen MR) is 109 cm³/mol. The minimum Gasteiger partial charge on any atom is -0.383 e. The van der Waals surface area contributed by atoms with Gasteiger partial charge >= 0.3 is 6.03 Å². The average Bonchev–Trinajstić information content (AvgIpc) is 3.23. The first-order valence-corrected chi connectivity index (χ1v) is 9.51. The first kappa shape index (κ1) is 19.8. The van der Waals surface area contributed by atoms with Crippen LogP contribution in [0.3, 0.4) is 0 Å². The monoisotopic (exact) mass is 408 g/mol. The molecule has 1 N–H and O–H groups in total. The molecule has 1 aliphatic rings. The molecule has 0 aliphatic carbocycles. The van der Waals surface area contributed by atoms with E-state index in [9.17, 15) is 9.18 Å². The molecule has 3 aromatic rings. The van der Waals surface area contributed by atoms with Crippen molar-refractivity contribution >= 4 is 11.6 Å². The van der Waals surface area contributed by atoms with Crippen LogP contribution in [0, 0.1) is 5.82 Å². The number of urea groups is 1. The maximum Gasteiger partial charge on any atom is 0.322 e. The van der Waals surface area contributed by atoms with Crippen LogP contribution in [-0.2, 0) is 4.74 Å². The van der Waals surface area contributed by atoms with E-state index >= 15 is 0 Å². The Hall–Kier alpha value is -3.52. The summed E-state index contributed by atoms with van der Waals surface area (Å²) in [5.74, 6) is 0.309. The van der Waals surface area contributed by atoms with Crippen molar-refractivity contribution < 1.29 is 18.4 Å². The fourth-order valence-electron chi connectivity index (χ4n) is 3.48. The van der Waals surface area contributed by atoms with E-state index in [2.05, 4.69) is 15.5 Å². The van der Waals surface area contributed by atoms with Crippen LogP contribution in [0.1, 0.15) is 24.4 Å². The molecule has 0 spiro atoms. The summed E-state index contributed by atoms with van der Waals surface area (Å²) < 4.78 is 24.6. The number of carbonyl (C=O) groups is 1. The molecule has 0 saturated carbocycles. The molecule has 4 rings (SSSR count). The maximum absolute atomic E-state index is 13.9. The molecule has 7 nitrogen and oxygen atoms in total. The first-order chi connectivity index (χ1) is 14.6. The van der Waals surface area contributed by atoms with Gasteiger partial charge in [0.2, 0.25) is 5.82 Å². The van der Waals surface area contributed by atoms with E-state index in [4.69, 9.17) is 9.26 Å². The Morgan fingerprint density at radius 3 is 2.73 bits per heavy atom. The van der Waals surface area contributed by atoms with Crippen molar-refractivity contribution in [1.82, 2.24) is 20.4 Å². The zero-order valence-corrected chi connectivity index (χ0v) is 16.6. The third-order valence-corrected chi connectivity index (χ3v) is 4.99. The van der Waals surface area contributed by atoms with Gasteiger partial charge in [-0.25, -0.2) is 9.18 Å². The van der Waals surface area contributed by atoms with E-state index in [-0.39, 0.29) is 11.9 Å². The van der Waals surface area contributed by atoms with Gasteiger partial charge in [-0.2, -0.15) is 4.98 Å². The van der Waals surface area contributed by atoms with Crippen LogP contribution in [0.25, 0.3) is 17.0 Å². The number of benzene rings is 2. The average molecular weight is 408 g/mol. The van der Waals surface area contributed by atoms with Gasteiger partial charge in [0.1, 0.15) is 5.82 Å². The number of amides is 2. The third kappa shape index (κ3) is 3.81. The number of ether oxygens (including phenoxy) is 1. The summed E-state index contributed by atoms with van der Waals surface area (Å²) in [5.41, 5.74) is 2.66. The highest BCUT2D eigenvalue weighted by atomic mass is 19.1.